The van der Waals surface area contributed by atoms with Crippen LogP contribution in [0.4, 0.5) is 0 Å². The van der Waals surface area contributed by atoms with Gasteiger partial charge in [0.15, 0.2) is 0 Å². The summed E-state index contributed by atoms with van der Waals surface area (Å²) in [5, 5.41) is 1.63. The number of hydrogen-bond donors (Lipinski definition) is 1. The lowest BCUT2D eigenvalue weighted by Gasteiger charge is -2.38. The third kappa shape index (κ3) is 2.33. The Morgan fingerprint density at radius 2 is 1.20 bits per heavy atom. The summed E-state index contributed by atoms with van der Waals surface area (Å²) in [6, 6.07) is 19.2. The second-order valence-corrected chi connectivity index (χ2v) is 7.85. The molecule has 0 fully saturated rings. The van der Waals surface area contributed by atoms with E-state index >= 15 is 0 Å². The van der Waals surface area contributed by atoms with Gasteiger partial charge in [-0.15, -0.1) is 0 Å². The first kappa shape index (κ1) is 15.0. The molecule has 0 aliphatic rings. The summed E-state index contributed by atoms with van der Waals surface area (Å²) in [4.78, 5) is 0. The number of benzene rings is 2. The number of nitrogens with two attached hydrogens (primary N) is 1. The Hall–Kier alpha value is -1.41. The lowest BCUT2D eigenvalue weighted by molar-refractivity contribution is -0.818. The molecule has 20 heavy (non-hydrogen) atoms. The van der Waals surface area contributed by atoms with E-state index in [9.17, 15) is 4.57 Å². The lowest BCUT2D eigenvalue weighted by Crippen LogP contribution is -2.55. The van der Waals surface area contributed by atoms with Crippen LogP contribution in [0.5, 0.6) is 0 Å². The summed E-state index contributed by atoms with van der Waals surface area (Å²) in [5.74, 6) is 6.51. The van der Waals surface area contributed by atoms with E-state index in [1.54, 1.807) is 0 Å². The van der Waals surface area contributed by atoms with Crippen molar-refractivity contribution in [3.05, 3.63) is 60.7 Å². The Kier molecular flexibility index (Phi) is 4.44. The van der Waals surface area contributed by atoms with E-state index in [-0.39, 0.29) is 4.36 Å². The summed E-state index contributed by atoms with van der Waals surface area (Å²) in [7, 11) is -2.93. The fourth-order valence-electron chi connectivity index (χ4n) is 2.49. The molecule has 0 spiro atoms. The quantitative estimate of drug-likeness (QED) is 0.522. The van der Waals surface area contributed by atoms with Crippen LogP contribution in [-0.4, -0.2) is 17.5 Å². The highest BCUT2D eigenvalue weighted by atomic mass is 31.2. The highest BCUT2D eigenvalue weighted by Gasteiger charge is 2.46. The van der Waals surface area contributed by atoms with Gasteiger partial charge in [-0.25, -0.2) is 8.93 Å². The zero-order chi connectivity index (χ0) is 14.6. The SMILES string of the molecule is CC[N+](N)(CC)P(=O)(c1ccccc1)c1ccccc1. The van der Waals surface area contributed by atoms with Gasteiger partial charge in [0.25, 0.3) is 0 Å². The van der Waals surface area contributed by atoms with Gasteiger partial charge < -0.3 is 0 Å². The highest BCUT2D eigenvalue weighted by Crippen LogP contribution is 2.50. The number of rotatable bonds is 5. The molecule has 3 nitrogen and oxygen atoms in total. The van der Waals surface area contributed by atoms with Crippen molar-refractivity contribution >= 4 is 17.9 Å². The van der Waals surface area contributed by atoms with Crippen molar-refractivity contribution in [2.24, 2.45) is 5.84 Å². The predicted molar refractivity (Wildman–Crippen MR) is 85.3 cm³/mol. The minimum atomic E-state index is -2.93. The van der Waals surface area contributed by atoms with E-state index in [1.807, 2.05) is 74.5 Å². The first-order chi connectivity index (χ1) is 9.58. The van der Waals surface area contributed by atoms with Crippen LogP contribution in [0.2, 0.25) is 0 Å². The summed E-state index contributed by atoms with van der Waals surface area (Å²) < 4.78 is 14.0. The molecule has 2 aromatic carbocycles. The predicted octanol–water partition coefficient (Wildman–Crippen LogP) is 2.65. The van der Waals surface area contributed by atoms with Crippen molar-refractivity contribution in [3.63, 3.8) is 0 Å². The highest BCUT2D eigenvalue weighted by molar-refractivity contribution is 7.73. The van der Waals surface area contributed by atoms with Crippen molar-refractivity contribution < 1.29 is 8.93 Å². The summed E-state index contributed by atoms with van der Waals surface area (Å²) in [6.45, 7) is 5.22. The smallest absolute Gasteiger partial charge is 0.247 e. The summed E-state index contributed by atoms with van der Waals surface area (Å²) in [5.41, 5.74) is 0. The fourth-order valence-corrected chi connectivity index (χ4v) is 5.66. The van der Waals surface area contributed by atoms with Crippen LogP contribution in [0, 0.1) is 0 Å². The molecule has 0 bridgehead atoms. The second kappa shape index (κ2) is 5.92. The van der Waals surface area contributed by atoms with Crippen molar-refractivity contribution in [2.75, 3.05) is 13.1 Å². The molecular formula is C16H22N2OP+. The number of nitrogens with zero attached hydrogens (tertiary/aromatic N) is 1. The van der Waals surface area contributed by atoms with E-state index in [4.69, 9.17) is 5.84 Å². The Morgan fingerprint density at radius 1 is 0.850 bits per heavy atom. The largest absolute Gasteiger partial charge is 0.325 e. The normalized spacial score (nSPS) is 12.3. The van der Waals surface area contributed by atoms with Crippen LogP contribution in [0.3, 0.4) is 0 Å². The molecule has 0 aliphatic heterocycles. The van der Waals surface area contributed by atoms with Crippen LogP contribution in [-0.2, 0) is 4.57 Å². The van der Waals surface area contributed by atoms with Crippen molar-refractivity contribution in [1.82, 2.24) is 0 Å². The second-order valence-electron chi connectivity index (χ2n) is 4.87. The Bertz CT molecular complexity index is 551. The maximum Gasteiger partial charge on any atom is 0.325 e. The molecule has 0 aliphatic carbocycles. The Morgan fingerprint density at radius 3 is 1.50 bits per heavy atom. The van der Waals surface area contributed by atoms with Gasteiger partial charge in [-0.3, -0.25) is 0 Å². The standard InChI is InChI=1S/C16H22N2OP/c1-3-18(17,4-2)20(19,15-11-7-5-8-12-15)16-13-9-6-10-14-16/h5-14H,3-4,17H2,1-2H3/q+1. The Balaban J connectivity index is 2.71. The topological polar surface area (TPSA) is 43.1 Å². The van der Waals surface area contributed by atoms with Gasteiger partial charge in [0.05, 0.1) is 23.7 Å². The van der Waals surface area contributed by atoms with E-state index in [0.717, 1.165) is 10.6 Å². The van der Waals surface area contributed by atoms with Gasteiger partial charge in [0, 0.05) is 0 Å². The van der Waals surface area contributed by atoms with E-state index in [2.05, 4.69) is 0 Å². The van der Waals surface area contributed by atoms with E-state index in [1.165, 1.54) is 0 Å². The molecule has 4 heteroatoms. The average molecular weight is 289 g/mol. The van der Waals surface area contributed by atoms with Crippen molar-refractivity contribution in [3.8, 4) is 0 Å². The zero-order valence-electron chi connectivity index (χ0n) is 12.1. The van der Waals surface area contributed by atoms with Gasteiger partial charge in [-0.1, -0.05) is 36.4 Å². The van der Waals surface area contributed by atoms with E-state index < -0.39 is 7.29 Å². The lowest BCUT2D eigenvalue weighted by atomic mass is 10.4. The number of hydrogen-bond acceptors (Lipinski definition) is 2. The van der Waals surface area contributed by atoms with Gasteiger partial charge >= 0.3 is 7.29 Å². The molecular weight excluding hydrogens is 267 g/mol. The molecule has 0 atom stereocenters. The molecule has 0 saturated carbocycles. The molecule has 106 valence electrons. The first-order valence-electron chi connectivity index (χ1n) is 6.96. The van der Waals surface area contributed by atoms with Crippen LogP contribution in [0.1, 0.15) is 13.8 Å². The molecule has 0 aromatic heterocycles. The van der Waals surface area contributed by atoms with Gasteiger partial charge in [-0.2, -0.15) is 5.84 Å². The maximum absolute atomic E-state index is 13.9. The van der Waals surface area contributed by atoms with Gasteiger partial charge in [0.2, 0.25) is 0 Å². The van der Waals surface area contributed by atoms with Crippen molar-refractivity contribution in [1.29, 1.82) is 0 Å². The molecule has 2 rings (SSSR count). The minimum absolute atomic E-state index is 0.0566. The van der Waals surface area contributed by atoms with Crippen LogP contribution in [0.15, 0.2) is 60.7 Å². The van der Waals surface area contributed by atoms with Crippen LogP contribution >= 0.6 is 7.29 Å². The number of quaternary nitrogens is 1. The molecule has 0 radical (unpaired) electrons. The minimum Gasteiger partial charge on any atom is -0.247 e. The van der Waals surface area contributed by atoms with Crippen molar-refractivity contribution in [2.45, 2.75) is 13.8 Å². The molecule has 2 aromatic rings. The van der Waals surface area contributed by atoms with Crippen LogP contribution in [0.25, 0.3) is 0 Å². The first-order valence-corrected chi connectivity index (χ1v) is 8.62. The molecule has 0 heterocycles. The Labute approximate surface area is 121 Å². The third-order valence-electron chi connectivity index (χ3n) is 3.87. The zero-order valence-corrected chi connectivity index (χ0v) is 13.0. The molecule has 0 unspecified atom stereocenters. The fraction of sp³-hybridized carbons (Fsp3) is 0.250. The maximum atomic E-state index is 13.9. The average Bonchev–Trinajstić information content (AvgIpc) is 2.54. The summed E-state index contributed by atoms with van der Waals surface area (Å²) in [6.07, 6.45) is 0. The molecule has 0 amide bonds. The monoisotopic (exact) mass is 289 g/mol. The van der Waals surface area contributed by atoms with E-state index in [0.29, 0.717) is 13.1 Å². The van der Waals surface area contributed by atoms with Gasteiger partial charge in [0.1, 0.15) is 0 Å². The molecule has 0 saturated heterocycles. The van der Waals surface area contributed by atoms with Crippen LogP contribution < -0.4 is 16.5 Å². The summed E-state index contributed by atoms with van der Waals surface area (Å²) >= 11 is 0. The van der Waals surface area contributed by atoms with Gasteiger partial charge in [-0.05, 0) is 38.1 Å². The third-order valence-corrected chi connectivity index (χ3v) is 7.55. The molecule has 2 N–H and O–H groups in total.